The van der Waals surface area contributed by atoms with Crippen molar-refractivity contribution in [2.24, 2.45) is 0 Å². The second kappa shape index (κ2) is 5.44. The molecule has 0 amide bonds. The molecule has 0 saturated carbocycles. The molecular formula is C17H22N6. The van der Waals surface area contributed by atoms with Crippen molar-refractivity contribution in [3.63, 3.8) is 0 Å². The fourth-order valence-electron chi connectivity index (χ4n) is 3.52. The number of piperazine rings is 1. The molecule has 120 valence electrons. The number of anilines is 2. The maximum absolute atomic E-state index is 4.75. The largest absolute Gasteiger partial charge is 0.347 e. The molecule has 2 unspecified atom stereocenters. The Morgan fingerprint density at radius 3 is 2.48 bits per heavy atom. The van der Waals surface area contributed by atoms with Crippen LogP contribution in [0.3, 0.4) is 0 Å². The smallest absolute Gasteiger partial charge is 0.225 e. The predicted molar refractivity (Wildman–Crippen MR) is 89.8 cm³/mol. The molecule has 6 heteroatoms. The number of piperidine rings is 1. The lowest BCUT2D eigenvalue weighted by Gasteiger charge is -2.56. The van der Waals surface area contributed by atoms with Gasteiger partial charge in [0.05, 0.1) is 12.1 Å². The quantitative estimate of drug-likeness (QED) is 0.866. The van der Waals surface area contributed by atoms with Crippen LogP contribution >= 0.6 is 0 Å². The molecule has 2 bridgehead atoms. The Morgan fingerprint density at radius 2 is 1.78 bits per heavy atom. The Kier molecular flexibility index (Phi) is 3.39. The van der Waals surface area contributed by atoms with E-state index in [9.17, 15) is 0 Å². The van der Waals surface area contributed by atoms with E-state index in [4.69, 9.17) is 4.98 Å². The van der Waals surface area contributed by atoms with Crippen LogP contribution in [0.15, 0.2) is 24.5 Å². The molecule has 0 aliphatic carbocycles. The van der Waals surface area contributed by atoms with Gasteiger partial charge in [0, 0.05) is 37.1 Å². The molecule has 3 fully saturated rings. The zero-order valence-corrected chi connectivity index (χ0v) is 13.8. The topological polar surface area (TPSA) is 58.0 Å². The molecule has 2 atom stereocenters. The van der Waals surface area contributed by atoms with Gasteiger partial charge in [-0.3, -0.25) is 0 Å². The summed E-state index contributed by atoms with van der Waals surface area (Å²) >= 11 is 0. The highest BCUT2D eigenvalue weighted by Crippen LogP contribution is 2.37. The Morgan fingerprint density at radius 1 is 1.04 bits per heavy atom. The molecule has 0 spiro atoms. The molecule has 0 N–H and O–H groups in total. The van der Waals surface area contributed by atoms with E-state index in [1.165, 1.54) is 6.42 Å². The third kappa shape index (κ3) is 2.52. The standard InChI is InChI=1S/C17H22N6/c1-11(2)16-18-7-5-15(21-16)23-13-8-14(23)10-22(9-13)17-19-6-4-12(3)20-17/h4-7,11,13-14H,8-10H2,1-3H3. The van der Waals surface area contributed by atoms with Crippen molar-refractivity contribution >= 4 is 11.8 Å². The van der Waals surface area contributed by atoms with E-state index in [1.54, 1.807) is 0 Å². The third-order valence-electron chi connectivity index (χ3n) is 4.70. The van der Waals surface area contributed by atoms with Crippen molar-refractivity contribution in [1.82, 2.24) is 19.9 Å². The van der Waals surface area contributed by atoms with E-state index < -0.39 is 0 Å². The van der Waals surface area contributed by atoms with Crippen molar-refractivity contribution in [3.8, 4) is 0 Å². The SMILES string of the molecule is Cc1ccnc(N2CC3CC(C2)N3c2ccnc(C(C)C)n2)n1. The minimum absolute atomic E-state index is 0.355. The lowest BCUT2D eigenvalue weighted by atomic mass is 9.87. The summed E-state index contributed by atoms with van der Waals surface area (Å²) in [5.74, 6) is 3.19. The maximum atomic E-state index is 4.75. The van der Waals surface area contributed by atoms with Gasteiger partial charge in [-0.2, -0.15) is 0 Å². The third-order valence-corrected chi connectivity index (χ3v) is 4.70. The van der Waals surface area contributed by atoms with Crippen molar-refractivity contribution in [3.05, 3.63) is 36.0 Å². The summed E-state index contributed by atoms with van der Waals surface area (Å²) in [6.07, 6.45) is 4.95. The van der Waals surface area contributed by atoms with Gasteiger partial charge >= 0.3 is 0 Å². The molecule has 5 heterocycles. The molecular weight excluding hydrogens is 288 g/mol. The molecule has 3 saturated heterocycles. The number of fused-ring (bicyclic) bond motifs is 2. The van der Waals surface area contributed by atoms with Gasteiger partial charge in [0.2, 0.25) is 5.95 Å². The molecule has 2 aromatic rings. The number of rotatable bonds is 3. The molecule has 6 nitrogen and oxygen atoms in total. The summed E-state index contributed by atoms with van der Waals surface area (Å²) in [7, 11) is 0. The monoisotopic (exact) mass is 310 g/mol. The average Bonchev–Trinajstić information content (AvgIpc) is 2.55. The first-order valence-electron chi connectivity index (χ1n) is 8.27. The average molecular weight is 310 g/mol. The minimum atomic E-state index is 0.355. The van der Waals surface area contributed by atoms with Gasteiger partial charge in [0.15, 0.2) is 0 Å². The zero-order chi connectivity index (χ0) is 16.0. The van der Waals surface area contributed by atoms with Crippen LogP contribution in [0, 0.1) is 6.92 Å². The van der Waals surface area contributed by atoms with Crippen LogP contribution in [-0.4, -0.2) is 45.1 Å². The predicted octanol–water partition coefficient (Wildman–Crippen LogP) is 2.17. The van der Waals surface area contributed by atoms with Gasteiger partial charge in [-0.15, -0.1) is 0 Å². The molecule has 3 aliphatic heterocycles. The fourth-order valence-corrected chi connectivity index (χ4v) is 3.52. The zero-order valence-electron chi connectivity index (χ0n) is 13.8. The van der Waals surface area contributed by atoms with Gasteiger partial charge < -0.3 is 9.80 Å². The van der Waals surface area contributed by atoms with E-state index in [0.29, 0.717) is 18.0 Å². The van der Waals surface area contributed by atoms with E-state index in [0.717, 1.165) is 36.4 Å². The summed E-state index contributed by atoms with van der Waals surface area (Å²) in [6.45, 7) is 8.19. The van der Waals surface area contributed by atoms with Crippen LogP contribution in [0.25, 0.3) is 0 Å². The summed E-state index contributed by atoms with van der Waals surface area (Å²) in [6, 6.07) is 4.96. The normalized spacial score (nSPS) is 23.1. The highest BCUT2D eigenvalue weighted by atomic mass is 15.4. The summed E-state index contributed by atoms with van der Waals surface area (Å²) < 4.78 is 0. The summed E-state index contributed by atoms with van der Waals surface area (Å²) in [5.41, 5.74) is 1.02. The van der Waals surface area contributed by atoms with Crippen LogP contribution in [0.2, 0.25) is 0 Å². The van der Waals surface area contributed by atoms with Gasteiger partial charge in [-0.25, -0.2) is 19.9 Å². The second-order valence-corrected chi connectivity index (χ2v) is 6.78. The summed E-state index contributed by atoms with van der Waals surface area (Å²) in [5, 5.41) is 0. The van der Waals surface area contributed by atoms with Crippen LogP contribution in [0.5, 0.6) is 0 Å². The maximum Gasteiger partial charge on any atom is 0.225 e. The van der Waals surface area contributed by atoms with Crippen LogP contribution in [0.1, 0.15) is 37.7 Å². The number of aryl methyl sites for hydroxylation is 1. The Balaban J connectivity index is 1.53. The van der Waals surface area contributed by atoms with E-state index in [2.05, 4.69) is 38.6 Å². The highest BCUT2D eigenvalue weighted by Gasteiger charge is 2.46. The first-order chi connectivity index (χ1) is 11.1. The van der Waals surface area contributed by atoms with E-state index >= 15 is 0 Å². The molecule has 0 radical (unpaired) electrons. The van der Waals surface area contributed by atoms with Gasteiger partial charge in [0.25, 0.3) is 0 Å². The van der Waals surface area contributed by atoms with Crippen LogP contribution in [0.4, 0.5) is 11.8 Å². The van der Waals surface area contributed by atoms with Gasteiger partial charge in [-0.1, -0.05) is 13.8 Å². The van der Waals surface area contributed by atoms with E-state index in [-0.39, 0.29) is 0 Å². The second-order valence-electron chi connectivity index (χ2n) is 6.78. The number of hydrogen-bond donors (Lipinski definition) is 0. The van der Waals surface area contributed by atoms with Crippen molar-refractivity contribution < 1.29 is 0 Å². The summed E-state index contributed by atoms with van der Waals surface area (Å²) in [4.78, 5) is 22.9. The number of hydrogen-bond acceptors (Lipinski definition) is 6. The van der Waals surface area contributed by atoms with Crippen molar-refractivity contribution in [2.75, 3.05) is 22.9 Å². The first-order valence-corrected chi connectivity index (χ1v) is 8.27. The van der Waals surface area contributed by atoms with Crippen LogP contribution < -0.4 is 9.80 Å². The molecule has 5 rings (SSSR count). The number of nitrogens with zero attached hydrogens (tertiary/aromatic N) is 6. The molecule has 2 aromatic heterocycles. The first kappa shape index (κ1) is 14.4. The Labute approximate surface area is 136 Å². The molecule has 0 aromatic carbocycles. The number of aromatic nitrogens is 4. The van der Waals surface area contributed by atoms with Crippen molar-refractivity contribution in [2.45, 2.75) is 45.2 Å². The fraction of sp³-hybridized carbons (Fsp3) is 0.529. The van der Waals surface area contributed by atoms with Crippen LogP contribution in [-0.2, 0) is 0 Å². The van der Waals surface area contributed by atoms with E-state index in [1.807, 2.05) is 31.5 Å². The lowest BCUT2D eigenvalue weighted by Crippen LogP contribution is -2.69. The molecule has 3 aliphatic rings. The highest BCUT2D eigenvalue weighted by molar-refractivity contribution is 5.50. The van der Waals surface area contributed by atoms with Crippen molar-refractivity contribution in [1.29, 1.82) is 0 Å². The molecule has 23 heavy (non-hydrogen) atoms. The van der Waals surface area contributed by atoms with Gasteiger partial charge in [0.1, 0.15) is 11.6 Å². The Bertz CT molecular complexity index is 704. The minimum Gasteiger partial charge on any atom is -0.347 e. The Hall–Kier alpha value is -2.24. The lowest BCUT2D eigenvalue weighted by molar-refractivity contribution is 0.286. The van der Waals surface area contributed by atoms with Gasteiger partial charge in [-0.05, 0) is 25.5 Å².